The largest absolute Gasteiger partial charge is 0.366 e. The van der Waals surface area contributed by atoms with E-state index < -0.39 is 5.91 Å². The van der Waals surface area contributed by atoms with E-state index in [4.69, 9.17) is 11.5 Å². The summed E-state index contributed by atoms with van der Waals surface area (Å²) in [6.07, 6.45) is 0. The van der Waals surface area contributed by atoms with Gasteiger partial charge in [-0.05, 0) is 17.4 Å². The van der Waals surface area contributed by atoms with Crippen LogP contribution in [0.5, 0.6) is 0 Å². The summed E-state index contributed by atoms with van der Waals surface area (Å²) in [4.78, 5) is 23.0. The molecule has 0 radical (unpaired) electrons. The summed E-state index contributed by atoms with van der Waals surface area (Å²) in [5.74, 6) is -0.835. The molecule has 5 nitrogen and oxygen atoms in total. The van der Waals surface area contributed by atoms with E-state index in [9.17, 15) is 9.59 Å². The Kier molecular flexibility index (Phi) is 4.65. The standard InChI is InChI=1S/C11H17N3O2S/c1-6(2)8(5-12)10(16)14-11-7(9(13)15)3-4-17-11/h3-4,6,8H,5,12H2,1-2H3,(H2,13,15)(H,14,16). The Morgan fingerprint density at radius 1 is 1.47 bits per heavy atom. The molecule has 0 aliphatic rings. The Hall–Kier alpha value is -1.40. The Balaban J connectivity index is 2.80. The van der Waals surface area contributed by atoms with E-state index in [1.165, 1.54) is 11.3 Å². The zero-order valence-corrected chi connectivity index (χ0v) is 10.7. The average molecular weight is 255 g/mol. The molecule has 0 saturated carbocycles. The van der Waals surface area contributed by atoms with Gasteiger partial charge in [-0.3, -0.25) is 9.59 Å². The minimum Gasteiger partial charge on any atom is -0.366 e. The highest BCUT2D eigenvalue weighted by Gasteiger charge is 2.22. The third-order valence-electron chi connectivity index (χ3n) is 2.56. The van der Waals surface area contributed by atoms with Crippen molar-refractivity contribution in [3.63, 3.8) is 0 Å². The Morgan fingerprint density at radius 3 is 2.59 bits per heavy atom. The van der Waals surface area contributed by atoms with Crippen molar-refractivity contribution in [1.82, 2.24) is 0 Å². The number of hydrogen-bond donors (Lipinski definition) is 3. The molecular weight excluding hydrogens is 238 g/mol. The lowest BCUT2D eigenvalue weighted by Crippen LogP contribution is -2.33. The van der Waals surface area contributed by atoms with Crippen molar-refractivity contribution in [2.75, 3.05) is 11.9 Å². The van der Waals surface area contributed by atoms with Gasteiger partial charge in [0, 0.05) is 6.54 Å². The molecule has 94 valence electrons. The summed E-state index contributed by atoms with van der Waals surface area (Å²) in [6, 6.07) is 1.59. The molecule has 1 unspecified atom stereocenters. The molecular formula is C11H17N3O2S. The first-order valence-corrected chi connectivity index (χ1v) is 6.23. The Bertz CT molecular complexity index is 415. The van der Waals surface area contributed by atoms with Crippen LogP contribution in [-0.2, 0) is 4.79 Å². The first-order valence-electron chi connectivity index (χ1n) is 5.35. The van der Waals surface area contributed by atoms with Crippen molar-refractivity contribution in [3.8, 4) is 0 Å². The molecule has 1 rings (SSSR count). The molecule has 0 aliphatic heterocycles. The summed E-state index contributed by atoms with van der Waals surface area (Å²) >= 11 is 1.27. The summed E-state index contributed by atoms with van der Waals surface area (Å²) in [7, 11) is 0. The minimum atomic E-state index is -0.546. The van der Waals surface area contributed by atoms with Crippen molar-refractivity contribution < 1.29 is 9.59 Å². The molecule has 6 heteroatoms. The number of hydrogen-bond acceptors (Lipinski definition) is 4. The van der Waals surface area contributed by atoms with Gasteiger partial charge in [0.25, 0.3) is 5.91 Å². The van der Waals surface area contributed by atoms with Gasteiger partial charge in [-0.15, -0.1) is 11.3 Å². The van der Waals surface area contributed by atoms with Crippen molar-refractivity contribution in [2.45, 2.75) is 13.8 Å². The van der Waals surface area contributed by atoms with Crippen LogP contribution in [0.2, 0.25) is 0 Å². The van der Waals surface area contributed by atoms with Crippen LogP contribution in [-0.4, -0.2) is 18.4 Å². The zero-order valence-electron chi connectivity index (χ0n) is 9.90. The first-order chi connectivity index (χ1) is 7.97. The SMILES string of the molecule is CC(C)C(CN)C(=O)Nc1sccc1C(N)=O. The summed E-state index contributed by atoms with van der Waals surface area (Å²) < 4.78 is 0. The third-order valence-corrected chi connectivity index (χ3v) is 3.39. The van der Waals surface area contributed by atoms with Gasteiger partial charge in [0.05, 0.1) is 11.5 Å². The maximum Gasteiger partial charge on any atom is 0.251 e. The molecule has 0 fully saturated rings. The number of nitrogens with two attached hydrogens (primary N) is 2. The maximum atomic E-state index is 11.9. The number of amides is 2. The zero-order chi connectivity index (χ0) is 13.0. The van der Waals surface area contributed by atoms with Crippen molar-refractivity contribution in [3.05, 3.63) is 17.0 Å². The highest BCUT2D eigenvalue weighted by molar-refractivity contribution is 7.14. The molecule has 17 heavy (non-hydrogen) atoms. The lowest BCUT2D eigenvalue weighted by molar-refractivity contribution is -0.120. The first kappa shape index (κ1) is 13.7. The van der Waals surface area contributed by atoms with E-state index in [0.29, 0.717) is 10.6 Å². The van der Waals surface area contributed by atoms with Gasteiger partial charge in [0.1, 0.15) is 5.00 Å². The number of primary amides is 1. The minimum absolute atomic E-state index is 0.150. The van der Waals surface area contributed by atoms with Gasteiger partial charge in [-0.25, -0.2) is 0 Å². The van der Waals surface area contributed by atoms with E-state index >= 15 is 0 Å². The molecule has 1 atom stereocenters. The fourth-order valence-electron chi connectivity index (χ4n) is 1.49. The third kappa shape index (κ3) is 3.28. The number of carbonyl (C=O) groups excluding carboxylic acids is 2. The van der Waals surface area contributed by atoms with Crippen LogP contribution in [0, 0.1) is 11.8 Å². The fraction of sp³-hybridized carbons (Fsp3) is 0.455. The van der Waals surface area contributed by atoms with E-state index in [0.717, 1.165) is 0 Å². The summed E-state index contributed by atoms with van der Waals surface area (Å²) in [5, 5.41) is 4.90. The topological polar surface area (TPSA) is 98.2 Å². The van der Waals surface area contributed by atoms with Crippen LogP contribution >= 0.6 is 11.3 Å². The van der Waals surface area contributed by atoms with E-state index in [-0.39, 0.29) is 24.3 Å². The molecule has 1 aromatic rings. The second-order valence-corrected chi connectivity index (χ2v) is 5.02. The maximum absolute atomic E-state index is 11.9. The lowest BCUT2D eigenvalue weighted by atomic mass is 9.95. The van der Waals surface area contributed by atoms with E-state index in [1.807, 2.05) is 13.8 Å². The number of anilines is 1. The van der Waals surface area contributed by atoms with Crippen LogP contribution in [0.4, 0.5) is 5.00 Å². The molecule has 1 aromatic heterocycles. The molecule has 0 saturated heterocycles. The second-order valence-electron chi connectivity index (χ2n) is 4.10. The van der Waals surface area contributed by atoms with E-state index in [2.05, 4.69) is 5.32 Å². The van der Waals surface area contributed by atoms with Crippen molar-refractivity contribution in [2.24, 2.45) is 23.3 Å². The van der Waals surface area contributed by atoms with Crippen molar-refractivity contribution >= 4 is 28.2 Å². The molecule has 0 aromatic carbocycles. The highest BCUT2D eigenvalue weighted by atomic mass is 32.1. The number of thiophene rings is 1. The van der Waals surface area contributed by atoms with Gasteiger partial charge in [0.2, 0.25) is 5.91 Å². The van der Waals surface area contributed by atoms with Gasteiger partial charge < -0.3 is 16.8 Å². The quantitative estimate of drug-likeness (QED) is 0.732. The van der Waals surface area contributed by atoms with Crippen LogP contribution in [0.25, 0.3) is 0 Å². The average Bonchev–Trinajstić information content (AvgIpc) is 2.66. The summed E-state index contributed by atoms with van der Waals surface area (Å²) in [6.45, 7) is 4.14. The predicted molar refractivity (Wildman–Crippen MR) is 68.8 cm³/mol. The summed E-state index contributed by atoms with van der Waals surface area (Å²) in [5.41, 5.74) is 11.1. The lowest BCUT2D eigenvalue weighted by Gasteiger charge is -2.17. The Morgan fingerprint density at radius 2 is 2.12 bits per heavy atom. The van der Waals surface area contributed by atoms with Crippen LogP contribution < -0.4 is 16.8 Å². The van der Waals surface area contributed by atoms with E-state index in [1.54, 1.807) is 11.4 Å². The normalized spacial score (nSPS) is 12.5. The molecule has 2 amide bonds. The van der Waals surface area contributed by atoms with Gasteiger partial charge in [-0.1, -0.05) is 13.8 Å². The highest BCUT2D eigenvalue weighted by Crippen LogP contribution is 2.24. The number of carbonyl (C=O) groups is 2. The number of nitrogens with one attached hydrogen (secondary N) is 1. The van der Waals surface area contributed by atoms with Gasteiger partial charge >= 0.3 is 0 Å². The second kappa shape index (κ2) is 5.79. The fourth-order valence-corrected chi connectivity index (χ4v) is 2.28. The molecule has 0 bridgehead atoms. The molecule has 0 spiro atoms. The van der Waals surface area contributed by atoms with Crippen LogP contribution in [0.1, 0.15) is 24.2 Å². The van der Waals surface area contributed by atoms with Gasteiger partial charge in [0.15, 0.2) is 0 Å². The predicted octanol–water partition coefficient (Wildman–Crippen LogP) is 1.02. The molecule has 1 heterocycles. The van der Waals surface area contributed by atoms with Crippen LogP contribution in [0.15, 0.2) is 11.4 Å². The molecule has 0 aliphatic carbocycles. The smallest absolute Gasteiger partial charge is 0.251 e. The van der Waals surface area contributed by atoms with Gasteiger partial charge in [-0.2, -0.15) is 0 Å². The number of rotatable bonds is 5. The monoisotopic (exact) mass is 255 g/mol. The Labute approximate surface area is 104 Å². The molecule has 5 N–H and O–H groups in total. The van der Waals surface area contributed by atoms with Crippen molar-refractivity contribution in [1.29, 1.82) is 0 Å². The van der Waals surface area contributed by atoms with Crippen LogP contribution in [0.3, 0.4) is 0 Å².